The second-order valence-corrected chi connectivity index (χ2v) is 5.38. The van der Waals surface area contributed by atoms with Crippen LogP contribution in [0.4, 0.5) is 0 Å². The van der Waals surface area contributed by atoms with E-state index in [1.54, 1.807) is 0 Å². The summed E-state index contributed by atoms with van der Waals surface area (Å²) in [5.74, 6) is 2.19. The van der Waals surface area contributed by atoms with Crippen molar-refractivity contribution in [1.82, 2.24) is 5.32 Å². The Labute approximate surface area is 101 Å². The maximum atomic E-state index is 6.07. The van der Waals surface area contributed by atoms with Gasteiger partial charge in [0.05, 0.1) is 0 Å². The normalized spacial score (nSPS) is 15.5. The van der Waals surface area contributed by atoms with Crippen LogP contribution in [0.5, 0.6) is 0 Å². The molecule has 82 valence electrons. The Morgan fingerprint density at radius 3 is 2.87 bits per heavy atom. The largest absolute Gasteiger partial charge is 0.313 e. The molecular weight excluding hydrogens is 226 g/mol. The summed E-state index contributed by atoms with van der Waals surface area (Å²) in [5.41, 5.74) is 1.25. The molecule has 1 aromatic rings. The van der Waals surface area contributed by atoms with Crippen molar-refractivity contribution in [3.05, 3.63) is 34.9 Å². The van der Waals surface area contributed by atoms with Crippen molar-refractivity contribution < 1.29 is 0 Å². The van der Waals surface area contributed by atoms with E-state index < -0.39 is 0 Å². The minimum atomic E-state index is 0.825. The molecule has 1 N–H and O–H groups in total. The quantitative estimate of drug-likeness (QED) is 0.767. The van der Waals surface area contributed by atoms with E-state index in [1.165, 1.54) is 24.2 Å². The molecule has 0 aromatic heterocycles. The van der Waals surface area contributed by atoms with Gasteiger partial charge in [-0.2, -0.15) is 11.8 Å². The Morgan fingerprint density at radius 2 is 2.13 bits per heavy atom. The zero-order chi connectivity index (χ0) is 10.5. The first-order valence-corrected chi connectivity index (χ1v) is 6.94. The first-order chi connectivity index (χ1) is 7.36. The summed E-state index contributed by atoms with van der Waals surface area (Å²) < 4.78 is 0. The van der Waals surface area contributed by atoms with Gasteiger partial charge < -0.3 is 5.32 Å². The lowest BCUT2D eigenvalue weighted by atomic mass is 10.2. The predicted molar refractivity (Wildman–Crippen MR) is 68.6 cm³/mol. The van der Waals surface area contributed by atoms with Gasteiger partial charge in [-0.15, -0.1) is 0 Å². The number of rotatable bonds is 6. The molecular formula is C12H16ClNS. The van der Waals surface area contributed by atoms with Gasteiger partial charge >= 0.3 is 0 Å². The van der Waals surface area contributed by atoms with E-state index in [2.05, 4.69) is 11.4 Å². The molecule has 0 amide bonds. The molecule has 0 spiro atoms. The highest BCUT2D eigenvalue weighted by atomic mass is 35.5. The topological polar surface area (TPSA) is 12.0 Å². The number of benzene rings is 1. The zero-order valence-corrected chi connectivity index (χ0v) is 10.3. The summed E-state index contributed by atoms with van der Waals surface area (Å²) >= 11 is 8.01. The van der Waals surface area contributed by atoms with Crippen LogP contribution in [0.15, 0.2) is 24.3 Å². The van der Waals surface area contributed by atoms with Crippen LogP contribution >= 0.6 is 23.4 Å². The van der Waals surface area contributed by atoms with E-state index in [1.807, 2.05) is 30.0 Å². The van der Waals surface area contributed by atoms with Gasteiger partial charge in [-0.25, -0.2) is 0 Å². The lowest BCUT2D eigenvalue weighted by Gasteiger charge is -2.04. The van der Waals surface area contributed by atoms with E-state index in [4.69, 9.17) is 11.6 Å². The Bertz CT molecular complexity index is 312. The maximum Gasteiger partial charge on any atom is 0.0446 e. The second kappa shape index (κ2) is 5.78. The van der Waals surface area contributed by atoms with Gasteiger partial charge in [-0.05, 0) is 24.5 Å². The first kappa shape index (κ1) is 11.3. The summed E-state index contributed by atoms with van der Waals surface area (Å²) in [4.78, 5) is 0. The molecule has 1 aliphatic carbocycles. The van der Waals surface area contributed by atoms with Crippen molar-refractivity contribution in [2.24, 2.45) is 0 Å². The highest BCUT2D eigenvalue weighted by molar-refractivity contribution is 7.98. The number of hydrogen-bond acceptors (Lipinski definition) is 2. The molecule has 0 radical (unpaired) electrons. The predicted octanol–water partition coefficient (Wildman–Crippen LogP) is 3.33. The molecule has 0 aliphatic heterocycles. The fourth-order valence-corrected chi connectivity index (χ4v) is 2.58. The van der Waals surface area contributed by atoms with Crippen LogP contribution in [0.2, 0.25) is 5.02 Å². The van der Waals surface area contributed by atoms with E-state index in [9.17, 15) is 0 Å². The van der Waals surface area contributed by atoms with E-state index in [0.29, 0.717) is 0 Å². The van der Waals surface area contributed by atoms with Crippen molar-refractivity contribution in [2.75, 3.05) is 12.3 Å². The minimum absolute atomic E-state index is 0.825. The van der Waals surface area contributed by atoms with E-state index in [0.717, 1.165) is 23.4 Å². The molecule has 3 heteroatoms. The van der Waals surface area contributed by atoms with Gasteiger partial charge in [-0.3, -0.25) is 0 Å². The summed E-state index contributed by atoms with van der Waals surface area (Å²) in [6.45, 7) is 1.12. The molecule has 15 heavy (non-hydrogen) atoms. The summed E-state index contributed by atoms with van der Waals surface area (Å²) in [6, 6.07) is 8.91. The van der Waals surface area contributed by atoms with Gasteiger partial charge in [0.2, 0.25) is 0 Å². The van der Waals surface area contributed by atoms with Gasteiger partial charge in [-0.1, -0.05) is 29.8 Å². The highest BCUT2D eigenvalue weighted by Gasteiger charge is 2.19. The third-order valence-electron chi connectivity index (χ3n) is 2.47. The number of thioether (sulfide) groups is 1. The molecule has 0 unspecified atom stereocenters. The number of nitrogens with one attached hydrogen (secondary N) is 1. The fraction of sp³-hybridized carbons (Fsp3) is 0.500. The molecule has 1 nitrogen and oxygen atoms in total. The maximum absolute atomic E-state index is 6.07. The zero-order valence-electron chi connectivity index (χ0n) is 8.71. The van der Waals surface area contributed by atoms with Gasteiger partial charge in [0, 0.05) is 29.1 Å². The summed E-state index contributed by atoms with van der Waals surface area (Å²) in [5, 5.41) is 4.39. The monoisotopic (exact) mass is 241 g/mol. The summed E-state index contributed by atoms with van der Waals surface area (Å²) in [7, 11) is 0. The van der Waals surface area contributed by atoms with Crippen LogP contribution in [-0.4, -0.2) is 18.3 Å². The molecule has 0 bridgehead atoms. The smallest absolute Gasteiger partial charge is 0.0446 e. The van der Waals surface area contributed by atoms with Crippen molar-refractivity contribution >= 4 is 23.4 Å². The average Bonchev–Trinajstić information content (AvgIpc) is 3.04. The number of hydrogen-bond donors (Lipinski definition) is 1. The van der Waals surface area contributed by atoms with Crippen molar-refractivity contribution in [3.63, 3.8) is 0 Å². The minimum Gasteiger partial charge on any atom is -0.313 e. The Hall–Kier alpha value is -0.180. The van der Waals surface area contributed by atoms with Gasteiger partial charge in [0.25, 0.3) is 0 Å². The molecule has 1 aliphatic rings. The van der Waals surface area contributed by atoms with Crippen molar-refractivity contribution in [3.8, 4) is 0 Å². The third kappa shape index (κ3) is 4.06. The summed E-state index contributed by atoms with van der Waals surface area (Å²) in [6.07, 6.45) is 2.74. The van der Waals surface area contributed by atoms with Crippen LogP contribution in [0.25, 0.3) is 0 Å². The lowest BCUT2D eigenvalue weighted by molar-refractivity contribution is 0.726. The van der Waals surface area contributed by atoms with Crippen LogP contribution in [0, 0.1) is 0 Å². The molecule has 0 atom stereocenters. The van der Waals surface area contributed by atoms with Gasteiger partial charge in [0.1, 0.15) is 0 Å². The average molecular weight is 242 g/mol. The molecule has 1 aromatic carbocycles. The Balaban J connectivity index is 1.62. The van der Waals surface area contributed by atoms with E-state index in [-0.39, 0.29) is 0 Å². The van der Waals surface area contributed by atoms with Crippen LogP contribution in [-0.2, 0) is 5.75 Å². The first-order valence-electron chi connectivity index (χ1n) is 5.41. The Kier molecular flexibility index (Phi) is 4.36. The standard InChI is InChI=1S/C12H16ClNS/c13-12-4-2-1-3-10(12)9-15-8-7-14-11-5-6-11/h1-4,11,14H,5-9H2. The van der Waals surface area contributed by atoms with Crippen LogP contribution in [0.3, 0.4) is 0 Å². The van der Waals surface area contributed by atoms with Gasteiger partial charge in [0.15, 0.2) is 0 Å². The molecule has 1 fully saturated rings. The van der Waals surface area contributed by atoms with Crippen molar-refractivity contribution in [1.29, 1.82) is 0 Å². The number of halogens is 1. The fourth-order valence-electron chi connectivity index (χ4n) is 1.42. The Morgan fingerprint density at radius 1 is 1.33 bits per heavy atom. The SMILES string of the molecule is Clc1ccccc1CSCCNC1CC1. The van der Waals surface area contributed by atoms with Crippen LogP contribution < -0.4 is 5.32 Å². The highest BCUT2D eigenvalue weighted by Crippen LogP contribution is 2.21. The molecule has 2 rings (SSSR count). The van der Waals surface area contributed by atoms with E-state index >= 15 is 0 Å². The molecule has 1 saturated carbocycles. The van der Waals surface area contributed by atoms with Crippen molar-refractivity contribution in [2.45, 2.75) is 24.6 Å². The van der Waals surface area contributed by atoms with Crippen LogP contribution in [0.1, 0.15) is 18.4 Å². The molecule has 0 heterocycles. The molecule has 0 saturated heterocycles. The lowest BCUT2D eigenvalue weighted by Crippen LogP contribution is -2.19. The second-order valence-electron chi connectivity index (χ2n) is 3.87. The third-order valence-corrected chi connectivity index (χ3v) is 3.85.